The first-order valence-corrected chi connectivity index (χ1v) is 7.35. The Kier molecular flexibility index (Phi) is 6.58. The minimum absolute atomic E-state index is 0.0805. The summed E-state index contributed by atoms with van der Waals surface area (Å²) in [5, 5.41) is 2.55. The van der Waals surface area contributed by atoms with E-state index < -0.39 is 21.8 Å². The number of hydrogen-bond acceptors (Lipinski definition) is 6. The van der Waals surface area contributed by atoms with Crippen molar-refractivity contribution in [3.8, 4) is 0 Å². The molecule has 0 fully saturated rings. The van der Waals surface area contributed by atoms with Gasteiger partial charge in [0, 0.05) is 0 Å². The van der Waals surface area contributed by atoms with E-state index in [-0.39, 0.29) is 12.6 Å². The summed E-state index contributed by atoms with van der Waals surface area (Å²) < 4.78 is 30.5. The normalized spacial score (nSPS) is 14.1. The van der Waals surface area contributed by atoms with E-state index in [1.54, 1.807) is 20.8 Å². The Labute approximate surface area is 108 Å². The van der Waals surface area contributed by atoms with Crippen molar-refractivity contribution >= 4 is 16.2 Å². The standard InChI is InChI=1S/C10H21NO6S/c1-6-8(7-15-17-18(5,13)14)11-9(12)16-10(2,3)4/h8H,6-7H2,1-5H3,(H,11,12). The van der Waals surface area contributed by atoms with Crippen molar-refractivity contribution in [2.75, 3.05) is 12.9 Å². The van der Waals surface area contributed by atoms with Crippen LogP contribution in [0.3, 0.4) is 0 Å². The summed E-state index contributed by atoms with van der Waals surface area (Å²) in [7, 11) is -3.65. The highest BCUT2D eigenvalue weighted by Gasteiger charge is 2.19. The van der Waals surface area contributed by atoms with Crippen molar-refractivity contribution in [2.24, 2.45) is 0 Å². The summed E-state index contributed by atoms with van der Waals surface area (Å²) in [5.41, 5.74) is -0.591. The summed E-state index contributed by atoms with van der Waals surface area (Å²) in [6, 6.07) is -0.387. The number of carbonyl (C=O) groups is 1. The molecule has 0 rings (SSSR count). The largest absolute Gasteiger partial charge is 0.444 e. The number of hydrogen-bond donors (Lipinski definition) is 1. The molecule has 0 spiro atoms. The van der Waals surface area contributed by atoms with Crippen LogP contribution in [0.5, 0.6) is 0 Å². The van der Waals surface area contributed by atoms with E-state index in [4.69, 9.17) is 4.74 Å². The van der Waals surface area contributed by atoms with Gasteiger partial charge in [0.2, 0.25) is 0 Å². The third-order valence-electron chi connectivity index (χ3n) is 1.65. The molecule has 0 heterocycles. The molecule has 1 N–H and O–H groups in total. The quantitative estimate of drug-likeness (QED) is 0.581. The highest BCUT2D eigenvalue weighted by Crippen LogP contribution is 2.07. The van der Waals surface area contributed by atoms with Crippen LogP contribution >= 0.6 is 0 Å². The van der Waals surface area contributed by atoms with Crippen LogP contribution in [0.25, 0.3) is 0 Å². The van der Waals surface area contributed by atoms with Crippen molar-refractivity contribution in [3.63, 3.8) is 0 Å². The fourth-order valence-electron chi connectivity index (χ4n) is 0.933. The number of alkyl carbamates (subject to hydrolysis) is 1. The molecule has 0 saturated carbocycles. The molecule has 0 aliphatic heterocycles. The molecule has 7 nitrogen and oxygen atoms in total. The maximum atomic E-state index is 11.4. The second-order valence-corrected chi connectivity index (χ2v) is 6.35. The number of carbonyl (C=O) groups excluding carboxylic acids is 1. The fraction of sp³-hybridized carbons (Fsp3) is 0.900. The molecule has 18 heavy (non-hydrogen) atoms. The van der Waals surface area contributed by atoms with Crippen LogP contribution in [0.4, 0.5) is 4.79 Å². The topological polar surface area (TPSA) is 90.9 Å². The predicted molar refractivity (Wildman–Crippen MR) is 65.3 cm³/mol. The lowest BCUT2D eigenvalue weighted by Crippen LogP contribution is -2.41. The van der Waals surface area contributed by atoms with Gasteiger partial charge in [-0.25, -0.2) is 9.68 Å². The van der Waals surface area contributed by atoms with Crippen LogP contribution in [0.2, 0.25) is 0 Å². The second kappa shape index (κ2) is 6.91. The van der Waals surface area contributed by atoms with Gasteiger partial charge >= 0.3 is 6.09 Å². The third-order valence-corrected chi connectivity index (χ3v) is 2.00. The van der Waals surface area contributed by atoms with Gasteiger partial charge in [0.25, 0.3) is 10.1 Å². The zero-order valence-corrected chi connectivity index (χ0v) is 12.2. The Morgan fingerprint density at radius 1 is 1.33 bits per heavy atom. The van der Waals surface area contributed by atoms with E-state index >= 15 is 0 Å². The molecular weight excluding hydrogens is 262 g/mol. The third kappa shape index (κ3) is 10.3. The zero-order chi connectivity index (χ0) is 14.4. The summed E-state index contributed by atoms with van der Waals surface area (Å²) in [6.45, 7) is 6.97. The minimum atomic E-state index is -3.65. The molecule has 0 radical (unpaired) electrons. The monoisotopic (exact) mass is 283 g/mol. The SMILES string of the molecule is CCC(COOS(C)(=O)=O)NC(=O)OC(C)(C)C. The van der Waals surface area contributed by atoms with Crippen molar-refractivity contribution in [3.05, 3.63) is 0 Å². The molecule has 1 amide bonds. The van der Waals surface area contributed by atoms with Gasteiger partial charge in [-0.1, -0.05) is 6.92 Å². The van der Waals surface area contributed by atoms with Gasteiger partial charge in [0.05, 0.1) is 12.3 Å². The number of ether oxygens (including phenoxy) is 1. The van der Waals surface area contributed by atoms with Gasteiger partial charge in [-0.3, -0.25) is 0 Å². The first-order valence-electron chi connectivity index (χ1n) is 5.54. The highest BCUT2D eigenvalue weighted by atomic mass is 32.2. The van der Waals surface area contributed by atoms with E-state index in [1.807, 2.05) is 6.92 Å². The molecular formula is C10H21NO6S. The Hall–Kier alpha value is -0.860. The maximum Gasteiger partial charge on any atom is 0.407 e. The van der Waals surface area contributed by atoms with Crippen LogP contribution in [0.15, 0.2) is 0 Å². The van der Waals surface area contributed by atoms with Crippen LogP contribution in [0.1, 0.15) is 34.1 Å². The van der Waals surface area contributed by atoms with Crippen molar-refractivity contribution in [2.45, 2.75) is 45.8 Å². The lowest BCUT2D eigenvalue weighted by molar-refractivity contribution is -0.205. The van der Waals surface area contributed by atoms with Gasteiger partial charge in [0.1, 0.15) is 12.2 Å². The van der Waals surface area contributed by atoms with Gasteiger partial charge < -0.3 is 10.1 Å². The molecule has 1 unspecified atom stereocenters. The van der Waals surface area contributed by atoms with E-state index in [0.29, 0.717) is 6.42 Å². The van der Waals surface area contributed by atoms with E-state index in [1.165, 1.54) is 0 Å². The second-order valence-electron chi connectivity index (χ2n) is 4.81. The van der Waals surface area contributed by atoms with E-state index in [9.17, 15) is 13.2 Å². The average molecular weight is 283 g/mol. The fourth-order valence-corrected chi connectivity index (χ4v) is 1.16. The minimum Gasteiger partial charge on any atom is -0.444 e. The summed E-state index contributed by atoms with van der Waals surface area (Å²) in [4.78, 5) is 16.0. The molecule has 0 aliphatic rings. The number of amides is 1. The smallest absolute Gasteiger partial charge is 0.407 e. The summed E-state index contributed by atoms with van der Waals surface area (Å²) in [6.07, 6.45) is 0.832. The predicted octanol–water partition coefficient (Wildman–Crippen LogP) is 1.20. The van der Waals surface area contributed by atoms with Crippen LogP contribution < -0.4 is 5.32 Å². The van der Waals surface area contributed by atoms with Crippen LogP contribution in [0, 0.1) is 0 Å². The Morgan fingerprint density at radius 2 is 1.89 bits per heavy atom. The molecule has 0 aromatic rings. The van der Waals surface area contributed by atoms with Crippen molar-refractivity contribution < 1.29 is 27.2 Å². The van der Waals surface area contributed by atoms with E-state index in [0.717, 1.165) is 6.26 Å². The van der Waals surface area contributed by atoms with E-state index in [2.05, 4.69) is 14.5 Å². The molecule has 108 valence electrons. The van der Waals surface area contributed by atoms with Crippen LogP contribution in [-0.2, 0) is 24.1 Å². The lowest BCUT2D eigenvalue weighted by atomic mass is 10.2. The maximum absolute atomic E-state index is 11.4. The van der Waals surface area contributed by atoms with Gasteiger partial charge in [-0.2, -0.15) is 8.42 Å². The Morgan fingerprint density at radius 3 is 2.28 bits per heavy atom. The zero-order valence-electron chi connectivity index (χ0n) is 11.3. The lowest BCUT2D eigenvalue weighted by Gasteiger charge is -2.22. The van der Waals surface area contributed by atoms with Crippen molar-refractivity contribution in [1.82, 2.24) is 5.32 Å². The van der Waals surface area contributed by atoms with Crippen molar-refractivity contribution in [1.29, 1.82) is 0 Å². The number of nitrogens with one attached hydrogen (secondary N) is 1. The van der Waals surface area contributed by atoms with Gasteiger partial charge in [-0.05, 0) is 27.2 Å². The Bertz CT molecular complexity index is 359. The first-order chi connectivity index (χ1) is 8.03. The summed E-state index contributed by atoms with van der Waals surface area (Å²) >= 11 is 0. The molecule has 0 bridgehead atoms. The molecule has 0 saturated heterocycles. The summed E-state index contributed by atoms with van der Waals surface area (Å²) in [5.74, 6) is 0. The van der Waals surface area contributed by atoms with Gasteiger partial charge in [0.15, 0.2) is 0 Å². The van der Waals surface area contributed by atoms with Gasteiger partial charge in [-0.15, -0.1) is 4.33 Å². The van der Waals surface area contributed by atoms with Crippen LogP contribution in [-0.4, -0.2) is 39.0 Å². The molecule has 0 aliphatic carbocycles. The molecule has 0 aromatic heterocycles. The highest BCUT2D eigenvalue weighted by molar-refractivity contribution is 7.85. The molecule has 0 aromatic carbocycles. The average Bonchev–Trinajstić information content (AvgIpc) is 2.11. The molecule has 8 heteroatoms. The Balaban J connectivity index is 4.08. The molecule has 1 atom stereocenters. The number of rotatable bonds is 6. The first kappa shape index (κ1) is 17.1.